The monoisotopic (exact) mass is 436 g/mol. The average molecular weight is 436 g/mol. The van der Waals surface area contributed by atoms with Gasteiger partial charge in [0.25, 0.3) is 11.8 Å². The van der Waals surface area contributed by atoms with Crippen molar-refractivity contribution in [2.75, 3.05) is 6.54 Å². The van der Waals surface area contributed by atoms with Crippen LogP contribution in [0.1, 0.15) is 50.7 Å². The van der Waals surface area contributed by atoms with Crippen molar-refractivity contribution in [3.63, 3.8) is 0 Å². The van der Waals surface area contributed by atoms with Crippen LogP contribution in [0.2, 0.25) is 0 Å². The number of halogens is 4. The van der Waals surface area contributed by atoms with E-state index < -0.39 is 47.5 Å². The molecule has 1 unspecified atom stereocenters. The second-order valence-electron chi connectivity index (χ2n) is 7.39. The Kier molecular flexibility index (Phi) is 4.95. The zero-order chi connectivity index (χ0) is 22.5. The Labute approximate surface area is 173 Å². The van der Waals surface area contributed by atoms with Gasteiger partial charge in [-0.3, -0.25) is 14.5 Å². The molecule has 0 saturated carbocycles. The maximum absolute atomic E-state index is 14.4. The van der Waals surface area contributed by atoms with Crippen molar-refractivity contribution >= 4 is 17.9 Å². The van der Waals surface area contributed by atoms with E-state index in [0.29, 0.717) is 18.6 Å². The van der Waals surface area contributed by atoms with Gasteiger partial charge in [-0.2, -0.15) is 13.2 Å². The summed E-state index contributed by atoms with van der Waals surface area (Å²) in [6.45, 7) is 0.128. The molecule has 1 N–H and O–H groups in total. The largest absolute Gasteiger partial charge is 0.465 e. The van der Waals surface area contributed by atoms with Crippen molar-refractivity contribution in [2.45, 2.75) is 31.1 Å². The predicted molar refractivity (Wildman–Crippen MR) is 98.8 cm³/mol. The lowest BCUT2D eigenvalue weighted by molar-refractivity contribution is -0.140. The Bertz CT molecular complexity index is 1050. The molecule has 2 aliphatic heterocycles. The number of amides is 3. The van der Waals surface area contributed by atoms with Crippen molar-refractivity contribution in [1.82, 2.24) is 9.80 Å². The third-order valence-corrected chi connectivity index (χ3v) is 5.65. The summed E-state index contributed by atoms with van der Waals surface area (Å²) in [5.74, 6) is -2.97. The minimum Gasteiger partial charge on any atom is -0.465 e. The molecule has 2 aromatic rings. The van der Waals surface area contributed by atoms with E-state index in [9.17, 15) is 37.1 Å². The molecule has 162 valence electrons. The van der Waals surface area contributed by atoms with Crippen molar-refractivity contribution in [3.8, 4) is 0 Å². The van der Waals surface area contributed by atoms with Gasteiger partial charge in [0.2, 0.25) is 0 Å². The standard InChI is InChI=1S/C21H16F4N2O4/c22-15-10-11(7-8-14(15)21(23,24)25)17(16-6-3-9-26(16)20(30)31)27-18(28)12-4-1-2-5-13(12)19(27)29/h1-2,4-5,7-8,10,16-17H,3,6,9H2,(H,30,31)/t16?,17-/m0/s1. The number of benzene rings is 2. The second kappa shape index (κ2) is 7.36. The fourth-order valence-electron chi connectivity index (χ4n) is 4.31. The predicted octanol–water partition coefficient (Wildman–Crippen LogP) is 4.32. The van der Waals surface area contributed by atoms with Crippen LogP contribution in [0.25, 0.3) is 0 Å². The summed E-state index contributed by atoms with van der Waals surface area (Å²) in [4.78, 5) is 39.6. The third-order valence-electron chi connectivity index (χ3n) is 5.65. The molecule has 0 bridgehead atoms. The zero-order valence-electron chi connectivity index (χ0n) is 15.9. The molecule has 1 saturated heterocycles. The number of carbonyl (C=O) groups excluding carboxylic acids is 2. The molecule has 2 heterocycles. The lowest BCUT2D eigenvalue weighted by Crippen LogP contribution is -2.47. The summed E-state index contributed by atoms with van der Waals surface area (Å²) < 4.78 is 53.4. The molecule has 0 aromatic heterocycles. The highest BCUT2D eigenvalue weighted by Gasteiger charge is 2.47. The minimum absolute atomic E-state index is 0.0850. The molecule has 2 atom stereocenters. The Balaban J connectivity index is 1.84. The molecule has 3 amide bonds. The summed E-state index contributed by atoms with van der Waals surface area (Å²) in [5, 5.41) is 9.55. The van der Waals surface area contributed by atoms with Gasteiger partial charge in [-0.15, -0.1) is 0 Å². The third kappa shape index (κ3) is 3.41. The molecule has 2 aromatic carbocycles. The summed E-state index contributed by atoms with van der Waals surface area (Å²) >= 11 is 0. The lowest BCUT2D eigenvalue weighted by atomic mass is 9.94. The first-order chi connectivity index (χ1) is 14.6. The van der Waals surface area contributed by atoms with Crippen molar-refractivity contribution < 1.29 is 37.1 Å². The van der Waals surface area contributed by atoms with E-state index in [1.54, 1.807) is 12.1 Å². The van der Waals surface area contributed by atoms with Gasteiger partial charge in [0.15, 0.2) is 0 Å². The molecule has 6 nitrogen and oxygen atoms in total. The van der Waals surface area contributed by atoms with Crippen LogP contribution < -0.4 is 0 Å². The molecule has 31 heavy (non-hydrogen) atoms. The number of hydrogen-bond donors (Lipinski definition) is 1. The van der Waals surface area contributed by atoms with E-state index in [-0.39, 0.29) is 29.7 Å². The van der Waals surface area contributed by atoms with Gasteiger partial charge in [0.05, 0.1) is 28.8 Å². The van der Waals surface area contributed by atoms with Crippen molar-refractivity contribution in [1.29, 1.82) is 0 Å². The molecular weight excluding hydrogens is 420 g/mol. The first kappa shape index (κ1) is 20.8. The molecule has 10 heteroatoms. The number of nitrogens with zero attached hydrogens (tertiary/aromatic N) is 2. The van der Waals surface area contributed by atoms with Gasteiger partial charge in [-0.1, -0.05) is 18.2 Å². The van der Waals surface area contributed by atoms with E-state index in [0.717, 1.165) is 15.9 Å². The smallest absolute Gasteiger partial charge is 0.419 e. The number of fused-ring (bicyclic) bond motifs is 1. The van der Waals surface area contributed by atoms with Crippen LogP contribution in [0, 0.1) is 5.82 Å². The first-order valence-corrected chi connectivity index (χ1v) is 9.44. The van der Waals surface area contributed by atoms with E-state index in [4.69, 9.17) is 0 Å². The van der Waals surface area contributed by atoms with Crippen LogP contribution >= 0.6 is 0 Å². The molecule has 0 spiro atoms. The molecule has 0 radical (unpaired) electrons. The normalized spacial score (nSPS) is 19.7. The zero-order valence-corrected chi connectivity index (χ0v) is 15.9. The van der Waals surface area contributed by atoms with Crippen molar-refractivity contribution in [2.24, 2.45) is 0 Å². The number of carbonyl (C=O) groups is 3. The summed E-state index contributed by atoms with van der Waals surface area (Å²) in [7, 11) is 0. The quantitative estimate of drug-likeness (QED) is 0.574. The Hall–Kier alpha value is -3.43. The van der Waals surface area contributed by atoms with Gasteiger partial charge >= 0.3 is 12.3 Å². The Morgan fingerprint density at radius 1 is 1.06 bits per heavy atom. The SMILES string of the molecule is O=C(O)N1CCCC1[C@H](c1ccc(C(F)(F)F)c(F)c1)N1C(=O)c2ccccc2C1=O. The fraction of sp³-hybridized carbons (Fsp3) is 0.286. The van der Waals surface area contributed by atoms with Crippen LogP contribution in [0.5, 0.6) is 0 Å². The highest BCUT2D eigenvalue weighted by molar-refractivity contribution is 6.21. The first-order valence-electron chi connectivity index (χ1n) is 9.44. The second-order valence-corrected chi connectivity index (χ2v) is 7.39. The number of alkyl halides is 3. The van der Waals surface area contributed by atoms with Crippen LogP contribution in [0.15, 0.2) is 42.5 Å². The molecule has 2 aliphatic rings. The molecule has 0 aliphatic carbocycles. The number of hydrogen-bond acceptors (Lipinski definition) is 3. The Morgan fingerprint density at radius 2 is 1.68 bits per heavy atom. The summed E-state index contributed by atoms with van der Waals surface area (Å²) in [6, 6.07) is 5.93. The number of carboxylic acid groups (broad SMARTS) is 1. The molecule has 4 rings (SSSR count). The lowest BCUT2D eigenvalue weighted by Gasteiger charge is -2.35. The number of rotatable bonds is 3. The highest BCUT2D eigenvalue weighted by Crippen LogP contribution is 2.40. The van der Waals surface area contributed by atoms with Gasteiger partial charge < -0.3 is 10.0 Å². The number of imide groups is 1. The van der Waals surface area contributed by atoms with Crippen LogP contribution in [-0.4, -0.2) is 45.4 Å². The summed E-state index contributed by atoms with van der Waals surface area (Å²) in [5.41, 5.74) is -1.37. The Morgan fingerprint density at radius 3 is 2.19 bits per heavy atom. The topological polar surface area (TPSA) is 77.9 Å². The summed E-state index contributed by atoms with van der Waals surface area (Å²) in [6.07, 6.45) is -5.53. The number of likely N-dealkylation sites (tertiary alicyclic amines) is 1. The van der Waals surface area contributed by atoms with Gasteiger partial charge in [-0.05, 0) is 42.7 Å². The van der Waals surface area contributed by atoms with Gasteiger partial charge in [0.1, 0.15) is 5.82 Å². The van der Waals surface area contributed by atoms with Crippen LogP contribution in [0.4, 0.5) is 22.4 Å². The fourth-order valence-corrected chi connectivity index (χ4v) is 4.31. The maximum Gasteiger partial charge on any atom is 0.419 e. The van der Waals surface area contributed by atoms with E-state index in [1.807, 2.05) is 0 Å². The van der Waals surface area contributed by atoms with Crippen molar-refractivity contribution in [3.05, 3.63) is 70.5 Å². The van der Waals surface area contributed by atoms with Gasteiger partial charge in [0, 0.05) is 6.54 Å². The maximum atomic E-state index is 14.4. The van der Waals surface area contributed by atoms with Crippen LogP contribution in [0.3, 0.4) is 0 Å². The molecular formula is C21H16F4N2O4. The highest BCUT2D eigenvalue weighted by atomic mass is 19.4. The van der Waals surface area contributed by atoms with E-state index in [2.05, 4.69) is 0 Å². The van der Waals surface area contributed by atoms with Gasteiger partial charge in [-0.25, -0.2) is 9.18 Å². The van der Waals surface area contributed by atoms with E-state index >= 15 is 0 Å². The van der Waals surface area contributed by atoms with Crippen LogP contribution in [-0.2, 0) is 6.18 Å². The minimum atomic E-state index is -4.92. The average Bonchev–Trinajstić information content (AvgIpc) is 3.27. The molecule has 1 fully saturated rings. The van der Waals surface area contributed by atoms with E-state index in [1.165, 1.54) is 12.1 Å².